The fourth-order valence-electron chi connectivity index (χ4n) is 1.99. The molecule has 5 heteroatoms. The predicted octanol–water partition coefficient (Wildman–Crippen LogP) is 1.72. The van der Waals surface area contributed by atoms with Gasteiger partial charge in [0, 0.05) is 25.9 Å². The van der Waals surface area contributed by atoms with Crippen molar-refractivity contribution in [3.63, 3.8) is 0 Å². The van der Waals surface area contributed by atoms with Gasteiger partial charge >= 0.3 is 0 Å². The van der Waals surface area contributed by atoms with Crippen molar-refractivity contribution in [3.8, 4) is 0 Å². The zero-order valence-electron chi connectivity index (χ0n) is 12.2. The highest BCUT2D eigenvalue weighted by molar-refractivity contribution is 7.99. The van der Waals surface area contributed by atoms with Crippen molar-refractivity contribution in [2.24, 2.45) is 4.99 Å². The molecule has 110 valence electrons. The zero-order valence-corrected chi connectivity index (χ0v) is 13.0. The van der Waals surface area contributed by atoms with Crippen LogP contribution in [0.25, 0.3) is 0 Å². The van der Waals surface area contributed by atoms with Crippen LogP contribution in [0.15, 0.2) is 17.6 Å². The second kappa shape index (κ2) is 8.48. The number of allylic oxidation sites excluding steroid dienone is 1. The Bertz CT molecular complexity index is 301. The van der Waals surface area contributed by atoms with Gasteiger partial charge in [-0.3, -0.25) is 4.99 Å². The fourth-order valence-corrected chi connectivity index (χ4v) is 3.28. The molecule has 0 aromatic rings. The number of aliphatic imine (C=N–C) groups is 1. The summed E-state index contributed by atoms with van der Waals surface area (Å²) in [5, 5.41) is 13.6. The molecule has 0 aliphatic carbocycles. The summed E-state index contributed by atoms with van der Waals surface area (Å²) in [7, 11) is 2.04. The number of hydrogen-bond donors (Lipinski definition) is 2. The van der Waals surface area contributed by atoms with Gasteiger partial charge in [-0.05, 0) is 31.9 Å². The summed E-state index contributed by atoms with van der Waals surface area (Å²) in [6.07, 6.45) is 4.88. The molecule has 0 saturated carbocycles. The number of nitrogens with one attached hydrogen (secondary N) is 1. The van der Waals surface area contributed by atoms with E-state index in [0.717, 1.165) is 49.8 Å². The molecule has 4 nitrogen and oxygen atoms in total. The van der Waals surface area contributed by atoms with Gasteiger partial charge in [-0.2, -0.15) is 11.8 Å². The summed E-state index contributed by atoms with van der Waals surface area (Å²) in [5.74, 6) is 2.73. The van der Waals surface area contributed by atoms with Crippen LogP contribution in [0.4, 0.5) is 0 Å². The zero-order chi connectivity index (χ0) is 14.1. The van der Waals surface area contributed by atoms with Crippen molar-refractivity contribution in [2.75, 3.05) is 38.2 Å². The summed E-state index contributed by atoms with van der Waals surface area (Å²) in [4.78, 5) is 6.71. The first-order valence-electron chi connectivity index (χ1n) is 7.02. The molecule has 1 unspecified atom stereocenters. The van der Waals surface area contributed by atoms with Gasteiger partial charge in [-0.25, -0.2) is 0 Å². The monoisotopic (exact) mass is 285 g/mol. The molecule has 0 aromatic heterocycles. The molecule has 1 saturated heterocycles. The van der Waals surface area contributed by atoms with Gasteiger partial charge in [-0.1, -0.05) is 6.08 Å². The van der Waals surface area contributed by atoms with Crippen LogP contribution in [0.3, 0.4) is 0 Å². The lowest BCUT2D eigenvalue weighted by atomic mass is 10.1. The Morgan fingerprint density at radius 2 is 2.42 bits per heavy atom. The lowest BCUT2D eigenvalue weighted by Crippen LogP contribution is -2.41. The minimum atomic E-state index is -0.604. The fraction of sp³-hybridized carbons (Fsp3) is 0.786. The minimum absolute atomic E-state index is 0.494. The van der Waals surface area contributed by atoms with E-state index >= 15 is 0 Å². The quantitative estimate of drug-likeness (QED) is 0.324. The predicted molar refractivity (Wildman–Crippen MR) is 84.9 cm³/mol. The van der Waals surface area contributed by atoms with E-state index in [9.17, 15) is 5.11 Å². The van der Waals surface area contributed by atoms with Crippen LogP contribution >= 0.6 is 11.8 Å². The number of hydrogen-bond acceptors (Lipinski definition) is 3. The average molecular weight is 285 g/mol. The Kier molecular flexibility index (Phi) is 7.31. The first-order valence-corrected chi connectivity index (χ1v) is 8.17. The Labute approximate surface area is 121 Å². The Balaban J connectivity index is 2.51. The number of guanidine groups is 1. The van der Waals surface area contributed by atoms with Crippen molar-refractivity contribution in [1.29, 1.82) is 0 Å². The van der Waals surface area contributed by atoms with Gasteiger partial charge in [0.1, 0.15) is 0 Å². The van der Waals surface area contributed by atoms with Gasteiger partial charge in [0.15, 0.2) is 5.96 Å². The van der Waals surface area contributed by atoms with Gasteiger partial charge < -0.3 is 15.3 Å². The molecule has 1 heterocycles. The molecular formula is C14H27N3OS. The van der Waals surface area contributed by atoms with Gasteiger partial charge in [0.2, 0.25) is 0 Å². The first-order chi connectivity index (χ1) is 9.11. The van der Waals surface area contributed by atoms with Crippen molar-refractivity contribution in [1.82, 2.24) is 10.2 Å². The maximum absolute atomic E-state index is 10.3. The topological polar surface area (TPSA) is 47.9 Å². The van der Waals surface area contributed by atoms with E-state index in [1.165, 1.54) is 0 Å². The highest BCUT2D eigenvalue weighted by Crippen LogP contribution is 2.27. The molecule has 0 radical (unpaired) electrons. The third kappa shape index (κ3) is 5.87. The smallest absolute Gasteiger partial charge is 0.193 e. The van der Waals surface area contributed by atoms with Crippen molar-refractivity contribution in [3.05, 3.63) is 12.7 Å². The van der Waals surface area contributed by atoms with E-state index in [0.29, 0.717) is 6.54 Å². The molecule has 1 aliphatic rings. The first kappa shape index (κ1) is 16.4. The number of thioether (sulfide) groups is 1. The standard InChI is InChI=1S/C14H27N3OS/c1-4-6-7-9-17(3)13(15-5-2)16-11-14(18)8-10-19-12-14/h4,18H,1,5-12H2,2-3H3,(H,15,16). The van der Waals surface area contributed by atoms with Crippen molar-refractivity contribution in [2.45, 2.75) is 31.8 Å². The lowest BCUT2D eigenvalue weighted by molar-refractivity contribution is 0.0776. The van der Waals surface area contributed by atoms with E-state index in [1.54, 1.807) is 11.8 Å². The third-order valence-corrected chi connectivity index (χ3v) is 4.44. The van der Waals surface area contributed by atoms with E-state index in [4.69, 9.17) is 0 Å². The molecule has 0 amide bonds. The largest absolute Gasteiger partial charge is 0.387 e. The molecule has 1 fully saturated rings. The SMILES string of the molecule is C=CCCCN(C)C(=NCC1(O)CCSC1)NCC. The molecule has 1 atom stereocenters. The Hall–Kier alpha value is -0.680. The average Bonchev–Trinajstić information content (AvgIpc) is 2.82. The molecule has 0 bridgehead atoms. The van der Waals surface area contributed by atoms with E-state index in [2.05, 4.69) is 28.7 Å². The maximum Gasteiger partial charge on any atom is 0.193 e. The number of aliphatic hydroxyl groups is 1. The highest BCUT2D eigenvalue weighted by atomic mass is 32.2. The molecule has 1 aliphatic heterocycles. The van der Waals surface area contributed by atoms with Crippen LogP contribution in [0.2, 0.25) is 0 Å². The summed E-state index contributed by atoms with van der Waals surface area (Å²) in [6.45, 7) is 8.09. The Morgan fingerprint density at radius 3 is 3.00 bits per heavy atom. The summed E-state index contributed by atoms with van der Waals surface area (Å²) in [6, 6.07) is 0. The van der Waals surface area contributed by atoms with Gasteiger partial charge in [0.25, 0.3) is 0 Å². The second-order valence-corrected chi connectivity index (χ2v) is 6.15. The molecule has 19 heavy (non-hydrogen) atoms. The number of unbranched alkanes of at least 4 members (excludes halogenated alkanes) is 1. The van der Waals surface area contributed by atoms with E-state index in [1.807, 2.05) is 13.1 Å². The molecule has 1 rings (SSSR count). The number of nitrogens with zero attached hydrogens (tertiary/aromatic N) is 2. The molecule has 0 spiro atoms. The van der Waals surface area contributed by atoms with Gasteiger partial charge in [-0.15, -0.1) is 6.58 Å². The van der Waals surface area contributed by atoms with E-state index < -0.39 is 5.60 Å². The summed E-state index contributed by atoms with van der Waals surface area (Å²) < 4.78 is 0. The van der Waals surface area contributed by atoms with Crippen molar-refractivity contribution < 1.29 is 5.11 Å². The van der Waals surface area contributed by atoms with Crippen LogP contribution in [0.5, 0.6) is 0 Å². The number of rotatable bonds is 7. The molecule has 0 aromatic carbocycles. The summed E-state index contributed by atoms with van der Waals surface area (Å²) in [5.41, 5.74) is -0.604. The third-order valence-electron chi connectivity index (χ3n) is 3.20. The second-order valence-electron chi connectivity index (χ2n) is 5.05. The highest BCUT2D eigenvalue weighted by Gasteiger charge is 2.31. The minimum Gasteiger partial charge on any atom is -0.387 e. The Morgan fingerprint density at radius 1 is 1.63 bits per heavy atom. The normalized spacial score (nSPS) is 23.4. The lowest BCUT2D eigenvalue weighted by Gasteiger charge is -2.24. The van der Waals surface area contributed by atoms with E-state index in [-0.39, 0.29) is 0 Å². The van der Waals surface area contributed by atoms with Crippen molar-refractivity contribution >= 4 is 17.7 Å². The van der Waals surface area contributed by atoms with Crippen LogP contribution in [-0.2, 0) is 0 Å². The van der Waals surface area contributed by atoms with Crippen LogP contribution in [-0.4, -0.2) is 59.8 Å². The van der Waals surface area contributed by atoms with Crippen LogP contribution < -0.4 is 5.32 Å². The molecule has 2 N–H and O–H groups in total. The van der Waals surface area contributed by atoms with Gasteiger partial charge in [0.05, 0.1) is 12.1 Å². The summed E-state index contributed by atoms with van der Waals surface area (Å²) >= 11 is 1.81. The van der Waals surface area contributed by atoms with Crippen LogP contribution in [0.1, 0.15) is 26.2 Å². The van der Waals surface area contributed by atoms with Crippen LogP contribution in [0, 0.1) is 0 Å². The maximum atomic E-state index is 10.3. The molecular weight excluding hydrogens is 258 g/mol.